The van der Waals surface area contributed by atoms with E-state index in [4.69, 9.17) is 0 Å². The Morgan fingerprint density at radius 1 is 1.08 bits per heavy atom. The fraction of sp³-hybridized carbons (Fsp3) is 0.500. The summed E-state index contributed by atoms with van der Waals surface area (Å²) in [5.74, 6) is 0. The summed E-state index contributed by atoms with van der Waals surface area (Å²) in [6, 6.07) is 9.07. The van der Waals surface area contributed by atoms with E-state index in [0.29, 0.717) is 18.5 Å². The monoisotopic (exact) mass is 530 g/mol. The molecule has 0 radical (unpaired) electrons. The normalized spacial score (nSPS) is 20.8. The summed E-state index contributed by atoms with van der Waals surface area (Å²) < 4.78 is 55.2. The zero-order valence-electron chi connectivity index (χ0n) is 21.8. The van der Waals surface area contributed by atoms with E-state index in [1.807, 2.05) is 55.2 Å². The Kier molecular flexibility index (Phi) is 7.72. The molecule has 0 saturated carbocycles. The quantitative estimate of drug-likeness (QED) is 0.380. The number of halogens is 4. The predicted octanol–water partition coefficient (Wildman–Crippen LogP) is 5.32. The number of likely N-dealkylation sites (tertiary alicyclic amines) is 1. The van der Waals surface area contributed by atoms with E-state index in [-0.39, 0.29) is 18.8 Å². The van der Waals surface area contributed by atoms with Crippen molar-refractivity contribution < 1.29 is 17.6 Å². The van der Waals surface area contributed by atoms with E-state index in [2.05, 4.69) is 26.4 Å². The van der Waals surface area contributed by atoms with E-state index in [0.717, 1.165) is 54.1 Å². The maximum atomic E-state index is 13.7. The van der Waals surface area contributed by atoms with Gasteiger partial charge in [0.15, 0.2) is 0 Å². The van der Waals surface area contributed by atoms with Crippen LogP contribution in [0.4, 0.5) is 23.2 Å². The first-order chi connectivity index (χ1) is 18.2. The third-order valence-electron chi connectivity index (χ3n) is 7.51. The molecule has 2 aliphatic rings. The van der Waals surface area contributed by atoms with Crippen LogP contribution in [0.2, 0.25) is 0 Å². The number of benzene rings is 1. The minimum atomic E-state index is -4.32. The largest absolute Gasteiger partial charge is 0.401 e. The number of fused-ring (bicyclic) bond motifs is 1. The molecule has 1 aromatic carbocycles. The molecule has 38 heavy (non-hydrogen) atoms. The molecule has 3 aromatic rings. The van der Waals surface area contributed by atoms with E-state index in [1.54, 1.807) is 6.20 Å². The molecule has 0 amide bonds. The second-order valence-corrected chi connectivity index (χ2v) is 10.4. The molecule has 0 aliphatic carbocycles. The summed E-state index contributed by atoms with van der Waals surface area (Å²) >= 11 is 0. The lowest BCUT2D eigenvalue weighted by atomic mass is 9.85. The standard InChI is InChI=1S/C28H34F4N6/c1-3-37-15-22(13-34-37)20-5-7-25-21(12-20)11-19(2)38(18-28(30,31)32)27(25)26-8-6-23(14-33-26)35-24-16-36(17-24)10-4-9-29/h5-8,12-15,19,24,27,35H,3-4,9-11,16-18H2,1-2H3/t19-,27-/m0/s1. The second-order valence-electron chi connectivity index (χ2n) is 10.4. The first-order valence-corrected chi connectivity index (χ1v) is 13.2. The average Bonchev–Trinajstić information content (AvgIpc) is 3.35. The fourth-order valence-corrected chi connectivity index (χ4v) is 5.58. The third-order valence-corrected chi connectivity index (χ3v) is 7.51. The number of nitrogens with zero attached hydrogens (tertiary/aromatic N) is 5. The van der Waals surface area contributed by atoms with Crippen LogP contribution in [0.1, 0.15) is 43.1 Å². The molecule has 10 heteroatoms. The van der Waals surface area contributed by atoms with Crippen LogP contribution in [0, 0.1) is 0 Å². The second kappa shape index (κ2) is 11.0. The van der Waals surface area contributed by atoms with Gasteiger partial charge in [0.25, 0.3) is 0 Å². The highest BCUT2D eigenvalue weighted by molar-refractivity contribution is 5.64. The van der Waals surface area contributed by atoms with Crippen molar-refractivity contribution in [2.24, 2.45) is 0 Å². The molecule has 6 nitrogen and oxygen atoms in total. The lowest BCUT2D eigenvalue weighted by Crippen LogP contribution is -2.54. The van der Waals surface area contributed by atoms with Crippen LogP contribution in [-0.4, -0.2) is 75.7 Å². The van der Waals surface area contributed by atoms with Gasteiger partial charge in [-0.1, -0.05) is 18.2 Å². The van der Waals surface area contributed by atoms with E-state index >= 15 is 0 Å². The lowest BCUT2D eigenvalue weighted by molar-refractivity contribution is -0.155. The molecule has 4 heterocycles. The van der Waals surface area contributed by atoms with Gasteiger partial charge in [-0.25, -0.2) is 0 Å². The number of aryl methyl sites for hydroxylation is 1. The Hall–Kier alpha value is -2.98. The first kappa shape index (κ1) is 26.6. The Labute approximate surface area is 220 Å². The summed E-state index contributed by atoms with van der Waals surface area (Å²) in [6.45, 7) is 5.77. The zero-order chi connectivity index (χ0) is 26.9. The maximum Gasteiger partial charge on any atom is 0.401 e. The highest BCUT2D eigenvalue weighted by Crippen LogP contribution is 2.40. The number of pyridine rings is 1. The highest BCUT2D eigenvalue weighted by atomic mass is 19.4. The van der Waals surface area contributed by atoms with Gasteiger partial charge in [-0.15, -0.1) is 0 Å². The molecular formula is C28H34F4N6. The van der Waals surface area contributed by atoms with Gasteiger partial charge >= 0.3 is 6.18 Å². The Morgan fingerprint density at radius 2 is 1.89 bits per heavy atom. The maximum absolute atomic E-state index is 13.7. The molecule has 5 rings (SSSR count). The van der Waals surface area contributed by atoms with Gasteiger partial charge in [0, 0.05) is 44.0 Å². The molecule has 2 aliphatic heterocycles. The van der Waals surface area contributed by atoms with Crippen molar-refractivity contribution in [2.45, 2.75) is 57.5 Å². The van der Waals surface area contributed by atoms with Gasteiger partial charge in [-0.2, -0.15) is 18.3 Å². The van der Waals surface area contributed by atoms with Crippen molar-refractivity contribution in [3.63, 3.8) is 0 Å². The molecule has 0 unspecified atom stereocenters. The van der Waals surface area contributed by atoms with Gasteiger partial charge in [0.2, 0.25) is 0 Å². The zero-order valence-corrected chi connectivity index (χ0v) is 21.8. The molecular weight excluding hydrogens is 496 g/mol. The number of rotatable bonds is 9. The summed E-state index contributed by atoms with van der Waals surface area (Å²) in [7, 11) is 0. The summed E-state index contributed by atoms with van der Waals surface area (Å²) in [6.07, 6.45) is 2.26. The van der Waals surface area contributed by atoms with Gasteiger partial charge < -0.3 is 5.32 Å². The van der Waals surface area contributed by atoms with Crippen LogP contribution in [0.5, 0.6) is 0 Å². The van der Waals surface area contributed by atoms with E-state index in [9.17, 15) is 17.6 Å². The smallest absolute Gasteiger partial charge is 0.378 e. The summed E-state index contributed by atoms with van der Waals surface area (Å²) in [5, 5.41) is 7.78. The Bertz CT molecular complexity index is 1220. The highest BCUT2D eigenvalue weighted by Gasteiger charge is 2.41. The average molecular weight is 531 g/mol. The molecule has 2 aromatic heterocycles. The third kappa shape index (κ3) is 5.86. The van der Waals surface area contributed by atoms with Crippen LogP contribution in [0.3, 0.4) is 0 Å². The number of hydrogen-bond donors (Lipinski definition) is 1. The topological polar surface area (TPSA) is 49.2 Å². The lowest BCUT2D eigenvalue weighted by Gasteiger charge is -2.42. The minimum absolute atomic E-state index is 0.259. The number of anilines is 1. The molecule has 1 fully saturated rings. The minimum Gasteiger partial charge on any atom is -0.378 e. The van der Waals surface area contributed by atoms with E-state index < -0.39 is 18.8 Å². The predicted molar refractivity (Wildman–Crippen MR) is 140 cm³/mol. The number of nitrogens with one attached hydrogen (secondary N) is 1. The van der Waals surface area contributed by atoms with Gasteiger partial charge in [0.05, 0.1) is 49.1 Å². The van der Waals surface area contributed by atoms with Crippen LogP contribution in [0.25, 0.3) is 11.1 Å². The number of aromatic nitrogens is 3. The van der Waals surface area contributed by atoms with Crippen LogP contribution >= 0.6 is 0 Å². The molecule has 1 N–H and O–H groups in total. The van der Waals surface area contributed by atoms with Gasteiger partial charge in [0.1, 0.15) is 0 Å². The molecule has 0 spiro atoms. The Balaban J connectivity index is 1.39. The van der Waals surface area contributed by atoms with E-state index in [1.165, 1.54) is 4.90 Å². The molecule has 2 atom stereocenters. The SMILES string of the molecule is CCn1cc(-c2ccc3c(c2)C[C@H](C)N(CC(F)(F)F)[C@@H]3c2ccc(NC3CN(CCCF)C3)cn2)cn1. The fourth-order valence-electron chi connectivity index (χ4n) is 5.58. The van der Waals surface area contributed by atoms with Gasteiger partial charge in [-0.05, 0) is 55.5 Å². The van der Waals surface area contributed by atoms with Gasteiger partial charge in [-0.3, -0.25) is 23.9 Å². The van der Waals surface area contributed by atoms with Crippen LogP contribution < -0.4 is 5.32 Å². The van der Waals surface area contributed by atoms with Crippen molar-refractivity contribution in [1.29, 1.82) is 0 Å². The van der Waals surface area contributed by atoms with Crippen molar-refractivity contribution in [3.05, 3.63) is 65.7 Å². The Morgan fingerprint density at radius 3 is 2.55 bits per heavy atom. The van der Waals surface area contributed by atoms with Crippen molar-refractivity contribution in [2.75, 3.05) is 38.2 Å². The molecule has 0 bridgehead atoms. The number of alkyl halides is 4. The van der Waals surface area contributed by atoms with Crippen molar-refractivity contribution in [1.82, 2.24) is 24.6 Å². The van der Waals surface area contributed by atoms with Crippen LogP contribution in [-0.2, 0) is 13.0 Å². The van der Waals surface area contributed by atoms with Crippen molar-refractivity contribution in [3.8, 4) is 11.1 Å². The summed E-state index contributed by atoms with van der Waals surface area (Å²) in [5.41, 5.74) is 5.32. The first-order valence-electron chi connectivity index (χ1n) is 13.2. The van der Waals surface area contributed by atoms with Crippen molar-refractivity contribution >= 4 is 5.69 Å². The molecule has 204 valence electrons. The number of hydrogen-bond acceptors (Lipinski definition) is 5. The summed E-state index contributed by atoms with van der Waals surface area (Å²) in [4.78, 5) is 8.35. The van der Waals surface area contributed by atoms with Crippen LogP contribution in [0.15, 0.2) is 48.9 Å². The molecule has 1 saturated heterocycles.